The van der Waals surface area contributed by atoms with Crippen LogP contribution in [-0.4, -0.2) is 21.8 Å². The second-order valence-electron chi connectivity index (χ2n) is 16.8. The van der Waals surface area contributed by atoms with Crippen molar-refractivity contribution in [1.29, 1.82) is 0 Å². The summed E-state index contributed by atoms with van der Waals surface area (Å²) in [7, 11) is -3.05. The lowest BCUT2D eigenvalue weighted by atomic mass is 10.1. The van der Waals surface area contributed by atoms with E-state index in [9.17, 15) is 0 Å². The van der Waals surface area contributed by atoms with E-state index in [1.165, 1.54) is 86.2 Å². The second kappa shape index (κ2) is 14.5. The number of rotatable bonds is 7. The molecule has 3 nitrogen and oxygen atoms in total. The van der Waals surface area contributed by atoms with Crippen molar-refractivity contribution in [2.45, 2.75) is 0 Å². The summed E-state index contributed by atoms with van der Waals surface area (Å²) in [5.41, 5.74) is 10.5. The zero-order chi connectivity index (χ0) is 42.2. The van der Waals surface area contributed by atoms with Crippen LogP contribution in [0.3, 0.4) is 0 Å². The predicted molar refractivity (Wildman–Crippen MR) is 273 cm³/mol. The minimum absolute atomic E-state index is 1.14. The van der Waals surface area contributed by atoms with Crippen molar-refractivity contribution in [3.63, 3.8) is 0 Å². The van der Waals surface area contributed by atoms with Crippen LogP contribution in [0, 0.1) is 0 Å². The van der Waals surface area contributed by atoms with Gasteiger partial charge in [0.25, 0.3) is 0 Å². The lowest BCUT2D eigenvalue weighted by Gasteiger charge is -2.35. The van der Waals surface area contributed by atoms with Crippen molar-refractivity contribution in [3.05, 3.63) is 249 Å². The fourth-order valence-corrected chi connectivity index (χ4v) is 16.0. The molecule has 0 bridgehead atoms. The maximum absolute atomic E-state index is 3.05. The van der Waals surface area contributed by atoms with Crippen LogP contribution in [0.5, 0.6) is 0 Å². The Morgan fingerprint density at radius 3 is 1.19 bits per heavy atom. The zero-order valence-corrected chi connectivity index (χ0v) is 36.0. The highest BCUT2D eigenvalue weighted by Crippen LogP contribution is 2.43. The summed E-state index contributed by atoms with van der Waals surface area (Å²) in [6, 6.07) is 92.4. The summed E-state index contributed by atoms with van der Waals surface area (Å²) in [4.78, 5) is 0. The van der Waals surface area contributed by atoms with E-state index in [0.717, 1.165) is 17.1 Å². The van der Waals surface area contributed by atoms with E-state index < -0.39 is 8.07 Å². The van der Waals surface area contributed by atoms with Crippen molar-refractivity contribution >= 4 is 94.2 Å². The second-order valence-corrected chi connectivity index (χ2v) is 20.6. The Bertz CT molecular complexity index is 3730. The van der Waals surface area contributed by atoms with E-state index in [-0.39, 0.29) is 0 Å². The van der Waals surface area contributed by atoms with Gasteiger partial charge in [-0.2, -0.15) is 0 Å². The SMILES string of the molecule is c1ccc(-n2c3ccccc3c3c(-n4c5ccccc5c5c([Si](c6ccccc6)(c6ccccc6)c6ccccc6)ccc(-n6c7ccccc7c7ccccc76)c54)cccc32)cc1. The smallest absolute Gasteiger partial charge is 0.180 e. The highest BCUT2D eigenvalue weighted by atomic mass is 28.3. The van der Waals surface area contributed by atoms with E-state index in [0.29, 0.717) is 0 Å². The van der Waals surface area contributed by atoms with E-state index >= 15 is 0 Å². The Morgan fingerprint density at radius 2 is 0.656 bits per heavy atom. The van der Waals surface area contributed by atoms with Crippen LogP contribution in [0.2, 0.25) is 0 Å². The number of hydrogen-bond acceptors (Lipinski definition) is 0. The number of aromatic nitrogens is 3. The molecule has 0 radical (unpaired) electrons. The maximum atomic E-state index is 2.61. The van der Waals surface area contributed by atoms with E-state index in [2.05, 4.69) is 262 Å². The fourth-order valence-electron chi connectivity index (χ4n) is 11.1. The van der Waals surface area contributed by atoms with Gasteiger partial charge in [-0.1, -0.05) is 194 Å². The molecule has 0 N–H and O–H groups in total. The summed E-state index contributed by atoms with van der Waals surface area (Å²) in [5, 5.41) is 12.9. The molecule has 0 fully saturated rings. The minimum atomic E-state index is -3.05. The molecule has 0 atom stereocenters. The molecule has 64 heavy (non-hydrogen) atoms. The van der Waals surface area contributed by atoms with Crippen molar-refractivity contribution in [2.75, 3.05) is 0 Å². The summed E-state index contributed by atoms with van der Waals surface area (Å²) in [6.45, 7) is 0. The van der Waals surface area contributed by atoms with Crippen LogP contribution in [0.1, 0.15) is 0 Å². The molecule has 13 rings (SSSR count). The third-order valence-electron chi connectivity index (χ3n) is 13.6. The molecule has 0 amide bonds. The molecule has 3 aromatic heterocycles. The van der Waals surface area contributed by atoms with Crippen LogP contribution in [0.4, 0.5) is 0 Å². The number of benzene rings is 10. The molecule has 0 saturated carbocycles. The third kappa shape index (κ3) is 5.15. The normalized spacial score (nSPS) is 12.1. The van der Waals surface area contributed by atoms with Gasteiger partial charge in [-0.05, 0) is 75.3 Å². The Labute approximate surface area is 372 Å². The van der Waals surface area contributed by atoms with E-state index in [1.807, 2.05) is 0 Å². The highest BCUT2D eigenvalue weighted by Gasteiger charge is 2.43. The minimum Gasteiger partial charge on any atom is -0.309 e. The third-order valence-corrected chi connectivity index (χ3v) is 18.4. The average Bonchev–Trinajstić information content (AvgIpc) is 4.02. The zero-order valence-electron chi connectivity index (χ0n) is 35.0. The van der Waals surface area contributed by atoms with Crippen LogP contribution < -0.4 is 20.7 Å². The van der Waals surface area contributed by atoms with Crippen LogP contribution in [0.15, 0.2) is 249 Å². The molecule has 0 unspecified atom stereocenters. The van der Waals surface area contributed by atoms with Gasteiger partial charge in [0, 0.05) is 38.0 Å². The maximum Gasteiger partial charge on any atom is 0.180 e. The molecule has 10 aromatic carbocycles. The molecule has 0 spiro atoms. The standard InChI is InChI=1S/C60H41N3Si/c1-5-22-42(23-6-1)61-52-36-19-15-32-48(52)58-54(61)38-21-39-55(58)63-53-37-20-16-33-49(53)59-57(41-40-56(60(59)63)62-50-34-17-13-30-46(50)47-31-14-18-35-51(47)62)64(43-24-7-2-8-25-43,44-26-9-3-10-27-44)45-28-11-4-12-29-45/h1-41H. The molecule has 4 heteroatoms. The van der Waals surface area contributed by atoms with Gasteiger partial charge in [-0.25, -0.2) is 0 Å². The van der Waals surface area contributed by atoms with Crippen LogP contribution in [-0.2, 0) is 0 Å². The van der Waals surface area contributed by atoms with Crippen LogP contribution >= 0.6 is 0 Å². The molecule has 13 aromatic rings. The van der Waals surface area contributed by atoms with Gasteiger partial charge in [-0.3, -0.25) is 0 Å². The van der Waals surface area contributed by atoms with Gasteiger partial charge in [0.05, 0.1) is 44.5 Å². The lowest BCUT2D eigenvalue weighted by molar-refractivity contribution is 1.14. The number of fused-ring (bicyclic) bond motifs is 9. The molecule has 0 aliphatic carbocycles. The number of nitrogens with zero attached hydrogens (tertiary/aromatic N) is 3. The summed E-state index contributed by atoms with van der Waals surface area (Å²) >= 11 is 0. The van der Waals surface area contributed by atoms with Crippen molar-refractivity contribution < 1.29 is 0 Å². The fraction of sp³-hybridized carbons (Fsp3) is 0. The number of hydrogen-bond donors (Lipinski definition) is 0. The van der Waals surface area contributed by atoms with Gasteiger partial charge < -0.3 is 13.7 Å². The largest absolute Gasteiger partial charge is 0.309 e. The lowest BCUT2D eigenvalue weighted by Crippen LogP contribution is -2.74. The average molecular weight is 832 g/mol. The first kappa shape index (κ1) is 36.5. The first-order valence-electron chi connectivity index (χ1n) is 22.1. The Kier molecular flexibility index (Phi) is 8.23. The van der Waals surface area contributed by atoms with Crippen molar-refractivity contribution in [2.24, 2.45) is 0 Å². The Morgan fingerprint density at radius 1 is 0.250 bits per heavy atom. The molecular weight excluding hydrogens is 791 g/mol. The monoisotopic (exact) mass is 831 g/mol. The summed E-state index contributed by atoms with van der Waals surface area (Å²) < 4.78 is 7.56. The van der Waals surface area contributed by atoms with E-state index in [1.54, 1.807) is 0 Å². The predicted octanol–water partition coefficient (Wildman–Crippen LogP) is 12.4. The Hall–Kier alpha value is -8.18. The van der Waals surface area contributed by atoms with Gasteiger partial charge in [0.2, 0.25) is 0 Å². The molecule has 3 heterocycles. The van der Waals surface area contributed by atoms with Crippen molar-refractivity contribution in [1.82, 2.24) is 13.7 Å². The molecular formula is C60H41N3Si. The molecule has 0 saturated heterocycles. The quantitative estimate of drug-likeness (QED) is 0.112. The van der Waals surface area contributed by atoms with E-state index in [4.69, 9.17) is 0 Å². The van der Waals surface area contributed by atoms with Gasteiger partial charge in [0.1, 0.15) is 0 Å². The summed E-state index contributed by atoms with van der Waals surface area (Å²) in [5.74, 6) is 0. The molecule has 0 aliphatic rings. The Balaban J connectivity index is 1.28. The molecule has 300 valence electrons. The van der Waals surface area contributed by atoms with Crippen LogP contribution in [0.25, 0.3) is 82.5 Å². The van der Waals surface area contributed by atoms with Crippen molar-refractivity contribution in [3.8, 4) is 17.1 Å². The first-order chi connectivity index (χ1) is 31.8. The first-order valence-corrected chi connectivity index (χ1v) is 24.1. The van der Waals surface area contributed by atoms with Gasteiger partial charge in [-0.15, -0.1) is 0 Å². The highest BCUT2D eigenvalue weighted by molar-refractivity contribution is 7.20. The molecule has 0 aliphatic heterocycles. The topological polar surface area (TPSA) is 14.8 Å². The number of para-hydroxylation sites is 5. The summed E-state index contributed by atoms with van der Waals surface area (Å²) in [6.07, 6.45) is 0. The van der Waals surface area contributed by atoms with Gasteiger partial charge >= 0.3 is 0 Å². The van der Waals surface area contributed by atoms with Gasteiger partial charge in [0.15, 0.2) is 8.07 Å².